The highest BCUT2D eigenvalue weighted by molar-refractivity contribution is 9.13. The number of ether oxygens (including phenoxy) is 2. The van der Waals surface area contributed by atoms with Crippen molar-refractivity contribution >= 4 is 63.7 Å². The van der Waals surface area contributed by atoms with Crippen LogP contribution in [-0.4, -0.2) is 7.11 Å². The summed E-state index contributed by atoms with van der Waals surface area (Å²) in [7, 11) is 1.61. The molecular weight excluding hydrogens is 508 g/mol. The minimum absolute atomic E-state index is 0.639. The molecular formula is C13H8Br4O2. The van der Waals surface area contributed by atoms with Crippen LogP contribution in [0.2, 0.25) is 0 Å². The maximum Gasteiger partial charge on any atom is 0.176 e. The predicted octanol–water partition coefficient (Wildman–Crippen LogP) is 6.54. The van der Waals surface area contributed by atoms with E-state index in [2.05, 4.69) is 63.7 Å². The fourth-order valence-electron chi connectivity index (χ4n) is 1.46. The summed E-state index contributed by atoms with van der Waals surface area (Å²) in [6.45, 7) is 0. The van der Waals surface area contributed by atoms with Crippen molar-refractivity contribution in [3.05, 3.63) is 48.2 Å². The molecule has 19 heavy (non-hydrogen) atoms. The molecule has 0 aliphatic rings. The van der Waals surface area contributed by atoms with Gasteiger partial charge in [0.2, 0.25) is 0 Å². The molecule has 0 amide bonds. The molecule has 2 rings (SSSR count). The predicted molar refractivity (Wildman–Crippen MR) is 90.3 cm³/mol. The summed E-state index contributed by atoms with van der Waals surface area (Å²) >= 11 is 13.8. The molecule has 2 aromatic carbocycles. The Bertz CT molecular complexity index is 614. The number of halogens is 4. The van der Waals surface area contributed by atoms with Gasteiger partial charge in [0.15, 0.2) is 11.5 Å². The highest BCUT2D eigenvalue weighted by atomic mass is 79.9. The molecule has 2 aromatic rings. The zero-order valence-corrected chi connectivity index (χ0v) is 16.1. The molecule has 0 heterocycles. The van der Waals surface area contributed by atoms with Gasteiger partial charge in [-0.05, 0) is 78.1 Å². The first-order chi connectivity index (χ1) is 9.02. The van der Waals surface area contributed by atoms with Crippen LogP contribution in [0.4, 0.5) is 0 Å². The van der Waals surface area contributed by atoms with E-state index in [1.807, 2.05) is 30.3 Å². The Kier molecular flexibility index (Phi) is 5.34. The summed E-state index contributed by atoms with van der Waals surface area (Å²) < 4.78 is 14.8. The van der Waals surface area contributed by atoms with Gasteiger partial charge in [-0.25, -0.2) is 0 Å². The van der Waals surface area contributed by atoms with Gasteiger partial charge in [-0.15, -0.1) is 0 Å². The van der Waals surface area contributed by atoms with E-state index in [1.165, 1.54) is 0 Å². The van der Waals surface area contributed by atoms with Gasteiger partial charge in [0.05, 0.1) is 16.1 Å². The van der Waals surface area contributed by atoms with Crippen LogP contribution in [0.5, 0.6) is 17.2 Å². The highest BCUT2D eigenvalue weighted by Gasteiger charge is 2.13. The van der Waals surface area contributed by atoms with Crippen LogP contribution in [0.15, 0.2) is 48.2 Å². The van der Waals surface area contributed by atoms with Crippen molar-refractivity contribution in [1.29, 1.82) is 0 Å². The van der Waals surface area contributed by atoms with Crippen LogP contribution in [0.1, 0.15) is 0 Å². The first-order valence-electron chi connectivity index (χ1n) is 5.18. The van der Waals surface area contributed by atoms with Gasteiger partial charge in [-0.1, -0.05) is 15.9 Å². The largest absolute Gasteiger partial charge is 0.492 e. The minimum atomic E-state index is 0.639. The van der Waals surface area contributed by atoms with Gasteiger partial charge in [-0.2, -0.15) is 0 Å². The lowest BCUT2D eigenvalue weighted by molar-refractivity contribution is 0.375. The van der Waals surface area contributed by atoms with Crippen LogP contribution >= 0.6 is 63.7 Å². The van der Waals surface area contributed by atoms with Gasteiger partial charge >= 0.3 is 0 Å². The Labute approximate surface area is 145 Å². The molecule has 0 aromatic heterocycles. The van der Waals surface area contributed by atoms with Crippen LogP contribution in [0, 0.1) is 0 Å². The maximum absolute atomic E-state index is 5.88. The minimum Gasteiger partial charge on any atom is -0.492 e. The average molecular weight is 516 g/mol. The monoisotopic (exact) mass is 512 g/mol. The fourth-order valence-corrected chi connectivity index (χ4v) is 3.39. The molecule has 0 saturated heterocycles. The first kappa shape index (κ1) is 15.4. The highest BCUT2D eigenvalue weighted by Crippen LogP contribution is 2.43. The Morgan fingerprint density at radius 1 is 0.842 bits per heavy atom. The summed E-state index contributed by atoms with van der Waals surface area (Å²) in [6, 6.07) is 9.47. The van der Waals surface area contributed by atoms with E-state index in [-0.39, 0.29) is 0 Å². The smallest absolute Gasteiger partial charge is 0.176 e. The van der Waals surface area contributed by atoms with Crippen LogP contribution in [0.3, 0.4) is 0 Å². The average Bonchev–Trinajstić information content (AvgIpc) is 2.37. The lowest BCUT2D eigenvalue weighted by Gasteiger charge is -2.13. The second-order valence-corrected chi connectivity index (χ2v) is 6.99. The second kappa shape index (κ2) is 6.61. The Morgan fingerprint density at radius 3 is 2.16 bits per heavy atom. The van der Waals surface area contributed by atoms with E-state index in [1.54, 1.807) is 7.11 Å². The van der Waals surface area contributed by atoms with Crippen molar-refractivity contribution in [3.8, 4) is 17.2 Å². The lowest BCUT2D eigenvalue weighted by atomic mass is 10.3. The van der Waals surface area contributed by atoms with Crippen molar-refractivity contribution < 1.29 is 9.47 Å². The summed E-state index contributed by atoms with van der Waals surface area (Å²) in [6.07, 6.45) is 0. The van der Waals surface area contributed by atoms with Crippen LogP contribution < -0.4 is 9.47 Å². The van der Waals surface area contributed by atoms with E-state index < -0.39 is 0 Å². The molecule has 0 fully saturated rings. The fraction of sp³-hybridized carbons (Fsp3) is 0.0769. The first-order valence-corrected chi connectivity index (χ1v) is 8.35. The van der Waals surface area contributed by atoms with Crippen molar-refractivity contribution in [2.24, 2.45) is 0 Å². The number of methoxy groups -OCH3 is 1. The summed E-state index contributed by atoms with van der Waals surface area (Å²) in [5.74, 6) is 2.00. The van der Waals surface area contributed by atoms with E-state index in [0.717, 1.165) is 23.6 Å². The molecule has 0 N–H and O–H groups in total. The topological polar surface area (TPSA) is 18.5 Å². The third-order valence-electron chi connectivity index (χ3n) is 2.33. The van der Waals surface area contributed by atoms with Gasteiger partial charge < -0.3 is 9.47 Å². The van der Waals surface area contributed by atoms with Crippen LogP contribution in [0.25, 0.3) is 0 Å². The van der Waals surface area contributed by atoms with Gasteiger partial charge in [0, 0.05) is 8.95 Å². The zero-order valence-electron chi connectivity index (χ0n) is 9.72. The standard InChI is InChI=1S/C13H8Br4O2/c1-18-13-11(5-3-8(15)12(13)17)19-10-4-2-7(14)6-9(10)16/h2-6H,1H3. The molecule has 0 aliphatic carbocycles. The van der Waals surface area contributed by atoms with Crippen molar-refractivity contribution in [2.75, 3.05) is 7.11 Å². The summed E-state index contributed by atoms with van der Waals surface area (Å²) in [4.78, 5) is 0. The SMILES string of the molecule is COc1c(Oc2ccc(Br)cc2Br)ccc(Br)c1Br. The lowest BCUT2D eigenvalue weighted by Crippen LogP contribution is -1.92. The van der Waals surface area contributed by atoms with E-state index >= 15 is 0 Å². The van der Waals surface area contributed by atoms with E-state index in [9.17, 15) is 0 Å². The molecule has 0 radical (unpaired) electrons. The van der Waals surface area contributed by atoms with E-state index in [4.69, 9.17) is 9.47 Å². The third-order valence-corrected chi connectivity index (χ3v) is 5.42. The number of hydrogen-bond donors (Lipinski definition) is 0. The molecule has 0 atom stereocenters. The summed E-state index contributed by atoms with van der Waals surface area (Å²) in [5.41, 5.74) is 0. The van der Waals surface area contributed by atoms with Crippen LogP contribution in [-0.2, 0) is 0 Å². The van der Waals surface area contributed by atoms with Crippen molar-refractivity contribution in [3.63, 3.8) is 0 Å². The van der Waals surface area contributed by atoms with Gasteiger partial charge in [0.1, 0.15) is 5.75 Å². The zero-order chi connectivity index (χ0) is 14.0. The van der Waals surface area contributed by atoms with Crippen molar-refractivity contribution in [1.82, 2.24) is 0 Å². The molecule has 0 unspecified atom stereocenters. The molecule has 0 bridgehead atoms. The van der Waals surface area contributed by atoms with Gasteiger partial charge in [0.25, 0.3) is 0 Å². The third kappa shape index (κ3) is 3.54. The molecule has 2 nitrogen and oxygen atoms in total. The Morgan fingerprint density at radius 2 is 1.53 bits per heavy atom. The Balaban J connectivity index is 2.41. The molecule has 0 spiro atoms. The Hall–Kier alpha value is -0.0400. The molecule has 0 aliphatic heterocycles. The maximum atomic E-state index is 5.88. The molecule has 0 saturated carbocycles. The van der Waals surface area contributed by atoms with Crippen molar-refractivity contribution in [2.45, 2.75) is 0 Å². The number of hydrogen-bond acceptors (Lipinski definition) is 2. The molecule has 100 valence electrons. The number of rotatable bonds is 3. The normalized spacial score (nSPS) is 10.4. The van der Waals surface area contributed by atoms with E-state index in [0.29, 0.717) is 11.5 Å². The van der Waals surface area contributed by atoms with Gasteiger partial charge in [-0.3, -0.25) is 0 Å². The quantitative estimate of drug-likeness (QED) is 0.462. The molecule has 6 heteroatoms. The number of benzene rings is 2. The summed E-state index contributed by atoms with van der Waals surface area (Å²) in [5, 5.41) is 0. The second-order valence-electron chi connectivity index (χ2n) is 3.57.